The van der Waals surface area contributed by atoms with Crippen molar-refractivity contribution < 1.29 is 14.6 Å². The van der Waals surface area contributed by atoms with Crippen molar-refractivity contribution in [3.8, 4) is 0 Å². The van der Waals surface area contributed by atoms with Gasteiger partial charge in [0.15, 0.2) is 0 Å². The van der Waals surface area contributed by atoms with Crippen LogP contribution in [0.4, 0.5) is 0 Å². The van der Waals surface area contributed by atoms with Gasteiger partial charge in [0.25, 0.3) is 0 Å². The van der Waals surface area contributed by atoms with E-state index in [0.29, 0.717) is 13.2 Å². The molecular formula is C9H17NO3. The van der Waals surface area contributed by atoms with Gasteiger partial charge in [0.1, 0.15) is 0 Å². The number of amides is 1. The number of carbonyl (C=O) groups is 1. The van der Waals surface area contributed by atoms with E-state index in [1.807, 2.05) is 20.8 Å². The van der Waals surface area contributed by atoms with Gasteiger partial charge in [-0.2, -0.15) is 0 Å². The zero-order valence-corrected chi connectivity index (χ0v) is 8.33. The molecule has 0 saturated carbocycles. The van der Waals surface area contributed by atoms with Crippen molar-refractivity contribution in [2.75, 3.05) is 13.2 Å². The maximum Gasteiger partial charge on any atom is 0.225 e. The van der Waals surface area contributed by atoms with E-state index in [1.54, 1.807) is 0 Å². The van der Waals surface area contributed by atoms with Crippen LogP contribution >= 0.6 is 0 Å². The van der Waals surface area contributed by atoms with Gasteiger partial charge in [0.05, 0.1) is 25.4 Å². The van der Waals surface area contributed by atoms with E-state index in [2.05, 4.69) is 5.32 Å². The molecule has 13 heavy (non-hydrogen) atoms. The third-order valence-electron chi connectivity index (χ3n) is 2.05. The molecule has 76 valence electrons. The molecule has 4 heteroatoms. The summed E-state index contributed by atoms with van der Waals surface area (Å²) in [5.41, 5.74) is -0.414. The van der Waals surface area contributed by atoms with Gasteiger partial charge in [0, 0.05) is 5.41 Å². The number of aliphatic hydroxyl groups is 1. The molecule has 0 spiro atoms. The predicted molar refractivity (Wildman–Crippen MR) is 48.2 cm³/mol. The Morgan fingerprint density at radius 2 is 2.08 bits per heavy atom. The van der Waals surface area contributed by atoms with Gasteiger partial charge in [-0.15, -0.1) is 0 Å². The number of ether oxygens (including phenoxy) is 1. The fraction of sp³-hybridized carbons (Fsp3) is 0.889. The van der Waals surface area contributed by atoms with Gasteiger partial charge in [-0.3, -0.25) is 4.79 Å². The molecule has 1 rings (SSSR count). The van der Waals surface area contributed by atoms with Crippen LogP contribution in [0, 0.1) is 5.41 Å². The monoisotopic (exact) mass is 187 g/mol. The normalized spacial score (nSPS) is 28.9. The first-order chi connectivity index (χ1) is 5.91. The summed E-state index contributed by atoms with van der Waals surface area (Å²) in [7, 11) is 0. The Morgan fingerprint density at radius 3 is 2.46 bits per heavy atom. The third-order valence-corrected chi connectivity index (χ3v) is 2.05. The van der Waals surface area contributed by atoms with Crippen molar-refractivity contribution in [2.45, 2.75) is 32.9 Å². The first-order valence-corrected chi connectivity index (χ1v) is 4.48. The molecule has 0 bridgehead atoms. The fourth-order valence-corrected chi connectivity index (χ4v) is 1.07. The topological polar surface area (TPSA) is 58.6 Å². The highest BCUT2D eigenvalue weighted by Gasteiger charge is 2.31. The van der Waals surface area contributed by atoms with Crippen molar-refractivity contribution in [1.82, 2.24) is 5.32 Å². The molecule has 0 aromatic rings. The van der Waals surface area contributed by atoms with E-state index < -0.39 is 11.5 Å². The SMILES string of the molecule is CC(C)(C)C(=O)N[C@H]1COC[C@@H]1O. The number of aliphatic hydroxyl groups excluding tert-OH is 1. The molecule has 0 aromatic carbocycles. The fourth-order valence-electron chi connectivity index (χ4n) is 1.07. The summed E-state index contributed by atoms with van der Waals surface area (Å²) in [4.78, 5) is 11.5. The van der Waals surface area contributed by atoms with Crippen LogP contribution < -0.4 is 5.32 Å². The molecule has 1 aliphatic heterocycles. The summed E-state index contributed by atoms with van der Waals surface area (Å²) < 4.78 is 5.02. The van der Waals surface area contributed by atoms with Gasteiger partial charge in [-0.05, 0) is 0 Å². The van der Waals surface area contributed by atoms with Crippen LogP contribution in [0.15, 0.2) is 0 Å². The lowest BCUT2D eigenvalue weighted by atomic mass is 9.95. The first kappa shape index (κ1) is 10.5. The Labute approximate surface area is 78.3 Å². The quantitative estimate of drug-likeness (QED) is 0.603. The minimum absolute atomic E-state index is 0.0537. The summed E-state index contributed by atoms with van der Waals surface area (Å²) in [6, 6.07) is -0.244. The van der Waals surface area contributed by atoms with Crippen molar-refractivity contribution in [3.63, 3.8) is 0 Å². The van der Waals surface area contributed by atoms with Crippen LogP contribution in [-0.4, -0.2) is 36.4 Å². The van der Waals surface area contributed by atoms with Crippen LogP contribution in [0.2, 0.25) is 0 Å². The van der Waals surface area contributed by atoms with Crippen LogP contribution in [-0.2, 0) is 9.53 Å². The Morgan fingerprint density at radius 1 is 1.46 bits per heavy atom. The third kappa shape index (κ3) is 2.67. The highest BCUT2D eigenvalue weighted by atomic mass is 16.5. The van der Waals surface area contributed by atoms with Crippen molar-refractivity contribution in [2.24, 2.45) is 5.41 Å². The average Bonchev–Trinajstić information content (AvgIpc) is 2.34. The molecule has 0 aromatic heterocycles. The van der Waals surface area contributed by atoms with E-state index in [9.17, 15) is 9.90 Å². The van der Waals surface area contributed by atoms with E-state index in [4.69, 9.17) is 4.74 Å². The van der Waals surface area contributed by atoms with Crippen LogP contribution in [0.25, 0.3) is 0 Å². The Bertz CT molecular complexity index is 198. The van der Waals surface area contributed by atoms with E-state index in [1.165, 1.54) is 0 Å². The number of nitrogens with one attached hydrogen (secondary N) is 1. The minimum atomic E-state index is -0.564. The lowest BCUT2D eigenvalue weighted by Gasteiger charge is -2.22. The second-order valence-electron chi connectivity index (χ2n) is 4.43. The van der Waals surface area contributed by atoms with Gasteiger partial charge in [-0.25, -0.2) is 0 Å². The zero-order valence-electron chi connectivity index (χ0n) is 8.33. The molecule has 2 N–H and O–H groups in total. The summed E-state index contributed by atoms with van der Waals surface area (Å²) >= 11 is 0. The van der Waals surface area contributed by atoms with E-state index in [-0.39, 0.29) is 11.9 Å². The Kier molecular flexibility index (Phi) is 2.93. The summed E-state index contributed by atoms with van der Waals surface area (Å²) in [5, 5.41) is 12.1. The van der Waals surface area contributed by atoms with Gasteiger partial charge in [0.2, 0.25) is 5.91 Å². The van der Waals surface area contributed by atoms with Crippen LogP contribution in [0.1, 0.15) is 20.8 Å². The summed E-state index contributed by atoms with van der Waals surface area (Å²) in [6.45, 7) is 6.23. The van der Waals surface area contributed by atoms with Gasteiger partial charge in [-0.1, -0.05) is 20.8 Å². The molecular weight excluding hydrogens is 170 g/mol. The number of rotatable bonds is 1. The van der Waals surface area contributed by atoms with Gasteiger partial charge >= 0.3 is 0 Å². The molecule has 1 fully saturated rings. The highest BCUT2D eigenvalue weighted by Crippen LogP contribution is 2.14. The second-order valence-corrected chi connectivity index (χ2v) is 4.43. The molecule has 1 saturated heterocycles. The highest BCUT2D eigenvalue weighted by molar-refractivity contribution is 5.81. The van der Waals surface area contributed by atoms with Gasteiger partial charge < -0.3 is 15.2 Å². The molecule has 0 unspecified atom stereocenters. The largest absolute Gasteiger partial charge is 0.388 e. The summed E-state index contributed by atoms with van der Waals surface area (Å²) in [6.07, 6.45) is -0.564. The van der Waals surface area contributed by atoms with Crippen LogP contribution in [0.5, 0.6) is 0 Å². The predicted octanol–water partition coefficient (Wildman–Crippen LogP) is -0.0916. The lowest BCUT2D eigenvalue weighted by molar-refractivity contribution is -0.129. The molecule has 0 radical (unpaired) electrons. The van der Waals surface area contributed by atoms with Crippen molar-refractivity contribution >= 4 is 5.91 Å². The average molecular weight is 187 g/mol. The second kappa shape index (κ2) is 3.64. The maximum atomic E-state index is 11.5. The minimum Gasteiger partial charge on any atom is -0.388 e. The molecule has 0 aliphatic carbocycles. The standard InChI is InChI=1S/C9H17NO3/c1-9(2,3)8(12)10-6-4-13-5-7(6)11/h6-7,11H,4-5H2,1-3H3,(H,10,12)/t6-,7-/m0/s1. The molecule has 4 nitrogen and oxygen atoms in total. The lowest BCUT2D eigenvalue weighted by Crippen LogP contribution is -2.46. The maximum absolute atomic E-state index is 11.5. The van der Waals surface area contributed by atoms with E-state index in [0.717, 1.165) is 0 Å². The number of hydrogen-bond acceptors (Lipinski definition) is 3. The zero-order chi connectivity index (χ0) is 10.1. The molecule has 1 aliphatic rings. The summed E-state index contributed by atoms with van der Waals surface area (Å²) in [5.74, 6) is -0.0537. The van der Waals surface area contributed by atoms with Crippen LogP contribution in [0.3, 0.4) is 0 Å². The molecule has 1 heterocycles. The Balaban J connectivity index is 2.45. The Hall–Kier alpha value is -0.610. The van der Waals surface area contributed by atoms with E-state index >= 15 is 0 Å². The molecule has 2 atom stereocenters. The first-order valence-electron chi connectivity index (χ1n) is 4.48. The number of carbonyl (C=O) groups excluding carboxylic acids is 1. The number of hydrogen-bond donors (Lipinski definition) is 2. The van der Waals surface area contributed by atoms with Crippen molar-refractivity contribution in [1.29, 1.82) is 0 Å². The smallest absolute Gasteiger partial charge is 0.225 e. The van der Waals surface area contributed by atoms with Crippen molar-refractivity contribution in [3.05, 3.63) is 0 Å². The molecule has 1 amide bonds.